The number of anilines is 2. The molecule has 1 aliphatic carbocycles. The molecule has 0 saturated heterocycles. The second kappa shape index (κ2) is 10.2. The van der Waals surface area contributed by atoms with Crippen LogP contribution in [0, 0.1) is 30.4 Å². The van der Waals surface area contributed by atoms with Gasteiger partial charge in [0.25, 0.3) is 0 Å². The molecule has 37 heavy (non-hydrogen) atoms. The number of aromatic carboxylic acids is 1. The number of nitrogens with one attached hydrogen (secondary N) is 2. The van der Waals surface area contributed by atoms with Gasteiger partial charge in [-0.15, -0.1) is 0 Å². The standard InChI is InChI=1S/C29H29ClF2N2O3/c1-17-13-19(28(35)36)7-12-27(17)37-16-22(18-5-3-2-4-6-18)29(20-8-10-21(30)11-9-20)33-25-14-23(31)24(32)15-26(25)34-29/h7-15,18,22,33-34H,2-6,16H2,1H3,(H,35,36). The van der Waals surface area contributed by atoms with Gasteiger partial charge in [-0.3, -0.25) is 0 Å². The van der Waals surface area contributed by atoms with E-state index in [1.165, 1.54) is 24.6 Å². The Kier molecular flexibility index (Phi) is 6.99. The summed E-state index contributed by atoms with van der Waals surface area (Å²) in [5, 5.41) is 16.9. The summed E-state index contributed by atoms with van der Waals surface area (Å²) < 4.78 is 34.8. The minimum atomic E-state index is -0.993. The third kappa shape index (κ3) is 4.97. The van der Waals surface area contributed by atoms with Gasteiger partial charge in [-0.25, -0.2) is 13.6 Å². The Morgan fingerprint density at radius 3 is 2.22 bits per heavy atom. The first-order chi connectivity index (χ1) is 17.8. The quantitative estimate of drug-likeness (QED) is 0.296. The van der Waals surface area contributed by atoms with E-state index in [0.717, 1.165) is 36.8 Å². The van der Waals surface area contributed by atoms with Crippen LogP contribution in [0.2, 0.25) is 5.02 Å². The molecule has 3 aromatic rings. The van der Waals surface area contributed by atoms with Crippen molar-refractivity contribution in [2.75, 3.05) is 17.2 Å². The van der Waals surface area contributed by atoms with Crippen LogP contribution in [0.3, 0.4) is 0 Å². The van der Waals surface area contributed by atoms with Crippen molar-refractivity contribution in [2.45, 2.75) is 44.7 Å². The van der Waals surface area contributed by atoms with Gasteiger partial charge in [0, 0.05) is 23.1 Å². The van der Waals surface area contributed by atoms with Crippen LogP contribution in [0.15, 0.2) is 54.6 Å². The number of benzene rings is 3. The molecule has 194 valence electrons. The third-order valence-corrected chi connectivity index (χ3v) is 7.89. The monoisotopic (exact) mass is 526 g/mol. The van der Waals surface area contributed by atoms with Crippen LogP contribution >= 0.6 is 11.6 Å². The summed E-state index contributed by atoms with van der Waals surface area (Å²) in [6.45, 7) is 2.12. The van der Waals surface area contributed by atoms with Crippen molar-refractivity contribution < 1.29 is 23.4 Å². The highest BCUT2D eigenvalue weighted by Gasteiger charge is 2.49. The van der Waals surface area contributed by atoms with Crippen LogP contribution in [0.25, 0.3) is 0 Å². The van der Waals surface area contributed by atoms with Crippen LogP contribution in [-0.2, 0) is 5.66 Å². The predicted molar refractivity (Wildman–Crippen MR) is 140 cm³/mol. The lowest BCUT2D eigenvalue weighted by molar-refractivity contribution is 0.0696. The van der Waals surface area contributed by atoms with Crippen LogP contribution in [0.4, 0.5) is 20.2 Å². The van der Waals surface area contributed by atoms with Crippen molar-refractivity contribution >= 4 is 28.9 Å². The Labute approximate surface area is 219 Å². The van der Waals surface area contributed by atoms with Gasteiger partial charge in [-0.2, -0.15) is 0 Å². The van der Waals surface area contributed by atoms with E-state index in [0.29, 0.717) is 28.8 Å². The van der Waals surface area contributed by atoms with Gasteiger partial charge in [0.2, 0.25) is 0 Å². The highest BCUT2D eigenvalue weighted by Crippen LogP contribution is 2.49. The molecule has 5 rings (SSSR count). The first kappa shape index (κ1) is 25.3. The number of carboxylic acids is 1. The number of hydrogen-bond acceptors (Lipinski definition) is 4. The van der Waals surface area contributed by atoms with Crippen LogP contribution in [0.1, 0.15) is 53.6 Å². The molecule has 1 heterocycles. The van der Waals surface area contributed by atoms with E-state index < -0.39 is 23.3 Å². The van der Waals surface area contributed by atoms with Gasteiger partial charge in [-0.1, -0.05) is 43.0 Å². The summed E-state index contributed by atoms with van der Waals surface area (Å²) >= 11 is 6.21. The zero-order chi connectivity index (χ0) is 26.2. The summed E-state index contributed by atoms with van der Waals surface area (Å²) in [6, 6.07) is 14.6. The molecule has 1 fully saturated rings. The fourth-order valence-electron chi connectivity index (χ4n) is 5.74. The van der Waals surface area contributed by atoms with Crippen LogP contribution in [-0.4, -0.2) is 17.7 Å². The average Bonchev–Trinajstić information content (AvgIpc) is 3.25. The van der Waals surface area contributed by atoms with Gasteiger partial charge in [-0.05, 0) is 67.1 Å². The Morgan fingerprint density at radius 2 is 1.65 bits per heavy atom. The molecule has 3 N–H and O–H groups in total. The summed E-state index contributed by atoms with van der Waals surface area (Å²) in [5.74, 6) is -2.09. The normalized spacial score (nSPS) is 17.4. The SMILES string of the molecule is Cc1cc(C(=O)O)ccc1OCC(C1CCCCC1)C1(c2ccc(Cl)cc2)Nc2cc(F)c(F)cc2N1. The number of fused-ring (bicyclic) bond motifs is 1. The Bertz CT molecular complexity index is 1280. The molecular weight excluding hydrogens is 498 g/mol. The Balaban J connectivity index is 1.55. The number of carbonyl (C=O) groups is 1. The molecule has 0 spiro atoms. The molecule has 0 aromatic heterocycles. The summed E-state index contributed by atoms with van der Waals surface area (Å²) in [6.07, 6.45) is 5.37. The second-order valence-corrected chi connectivity index (χ2v) is 10.4. The highest BCUT2D eigenvalue weighted by molar-refractivity contribution is 6.30. The fourth-order valence-corrected chi connectivity index (χ4v) is 5.87. The smallest absolute Gasteiger partial charge is 0.335 e. The molecule has 1 saturated carbocycles. The number of aryl methyl sites for hydroxylation is 1. The molecule has 8 heteroatoms. The molecule has 0 amide bonds. The van der Waals surface area contributed by atoms with E-state index in [1.807, 2.05) is 19.1 Å². The third-order valence-electron chi connectivity index (χ3n) is 7.64. The van der Waals surface area contributed by atoms with E-state index in [9.17, 15) is 18.7 Å². The van der Waals surface area contributed by atoms with Crippen molar-refractivity contribution in [3.05, 3.63) is 87.9 Å². The molecule has 0 bridgehead atoms. The Morgan fingerprint density at radius 1 is 1.03 bits per heavy atom. The van der Waals surface area contributed by atoms with Gasteiger partial charge in [0.05, 0.1) is 23.5 Å². The zero-order valence-electron chi connectivity index (χ0n) is 20.5. The molecule has 3 aromatic carbocycles. The summed E-state index contributed by atoms with van der Waals surface area (Å²) in [7, 11) is 0. The maximum Gasteiger partial charge on any atom is 0.335 e. The van der Waals surface area contributed by atoms with Crippen LogP contribution < -0.4 is 15.4 Å². The molecule has 1 aliphatic heterocycles. The van der Waals surface area contributed by atoms with Crippen molar-refractivity contribution in [1.29, 1.82) is 0 Å². The highest BCUT2D eigenvalue weighted by atomic mass is 35.5. The average molecular weight is 527 g/mol. The lowest BCUT2D eigenvalue weighted by atomic mass is 9.72. The Hall–Kier alpha value is -3.32. The van der Waals surface area contributed by atoms with E-state index in [1.54, 1.807) is 24.3 Å². The number of ether oxygens (including phenoxy) is 1. The first-order valence-electron chi connectivity index (χ1n) is 12.5. The van der Waals surface area contributed by atoms with Crippen LogP contribution in [0.5, 0.6) is 5.75 Å². The summed E-state index contributed by atoms with van der Waals surface area (Å²) in [5.41, 5.74) is 1.87. The van der Waals surface area contributed by atoms with Crippen molar-refractivity contribution in [1.82, 2.24) is 0 Å². The van der Waals surface area contributed by atoms with E-state index in [4.69, 9.17) is 16.3 Å². The molecule has 5 nitrogen and oxygen atoms in total. The lowest BCUT2D eigenvalue weighted by Gasteiger charge is -2.44. The van der Waals surface area contributed by atoms with E-state index in [-0.39, 0.29) is 17.4 Å². The van der Waals surface area contributed by atoms with E-state index >= 15 is 0 Å². The minimum Gasteiger partial charge on any atom is -0.493 e. The minimum absolute atomic E-state index is 0.133. The van der Waals surface area contributed by atoms with Gasteiger partial charge >= 0.3 is 5.97 Å². The fraction of sp³-hybridized carbons (Fsp3) is 0.345. The maximum atomic E-state index is 14.2. The van der Waals surface area contributed by atoms with Crippen molar-refractivity contribution in [3.8, 4) is 5.75 Å². The second-order valence-electron chi connectivity index (χ2n) is 9.98. The topological polar surface area (TPSA) is 70.6 Å². The van der Waals surface area contributed by atoms with Gasteiger partial charge in [0.15, 0.2) is 11.6 Å². The molecular formula is C29H29ClF2N2O3. The number of carboxylic acid groups (broad SMARTS) is 1. The molecule has 2 aliphatic rings. The largest absolute Gasteiger partial charge is 0.493 e. The molecule has 1 unspecified atom stereocenters. The first-order valence-corrected chi connectivity index (χ1v) is 12.9. The molecule has 1 atom stereocenters. The predicted octanol–water partition coefficient (Wildman–Crippen LogP) is 7.59. The van der Waals surface area contributed by atoms with Crippen molar-refractivity contribution in [2.24, 2.45) is 11.8 Å². The number of hydrogen-bond donors (Lipinski definition) is 3. The van der Waals surface area contributed by atoms with Gasteiger partial charge in [0.1, 0.15) is 11.4 Å². The maximum absolute atomic E-state index is 14.2. The van der Waals surface area contributed by atoms with Gasteiger partial charge < -0.3 is 20.5 Å². The lowest BCUT2D eigenvalue weighted by Crippen LogP contribution is -2.51. The number of rotatable bonds is 7. The van der Waals surface area contributed by atoms with E-state index in [2.05, 4.69) is 10.6 Å². The number of halogens is 3. The van der Waals surface area contributed by atoms with Crippen molar-refractivity contribution in [3.63, 3.8) is 0 Å². The molecule has 0 radical (unpaired) electrons. The summed E-state index contributed by atoms with van der Waals surface area (Å²) in [4.78, 5) is 11.4. The zero-order valence-corrected chi connectivity index (χ0v) is 21.2.